The minimum absolute atomic E-state index is 0.419. The Kier molecular flexibility index (Phi) is 5.03. The summed E-state index contributed by atoms with van der Waals surface area (Å²) in [5.74, 6) is 0.680. The molecular weight excluding hydrogens is 376 g/mol. The van der Waals surface area contributed by atoms with E-state index in [0.29, 0.717) is 11.9 Å². The van der Waals surface area contributed by atoms with Crippen LogP contribution in [0.3, 0.4) is 0 Å². The molecule has 152 valence electrons. The van der Waals surface area contributed by atoms with Gasteiger partial charge in [-0.25, -0.2) is 4.98 Å². The molecule has 3 N–H and O–H groups in total. The van der Waals surface area contributed by atoms with Gasteiger partial charge < -0.3 is 20.7 Å². The second kappa shape index (κ2) is 8.12. The predicted octanol–water partition coefficient (Wildman–Crippen LogP) is 3.43. The molecule has 1 unspecified atom stereocenters. The first-order valence-electron chi connectivity index (χ1n) is 10.3. The van der Waals surface area contributed by atoms with Crippen molar-refractivity contribution in [2.75, 3.05) is 18.4 Å². The van der Waals surface area contributed by atoms with E-state index in [1.807, 2.05) is 55.0 Å². The third-order valence-corrected chi connectivity index (χ3v) is 5.76. The van der Waals surface area contributed by atoms with Crippen molar-refractivity contribution >= 4 is 23.9 Å². The molecule has 30 heavy (non-hydrogen) atoms. The molecule has 5 rings (SSSR count). The van der Waals surface area contributed by atoms with Crippen LogP contribution in [-0.2, 0) is 4.79 Å². The van der Waals surface area contributed by atoms with E-state index in [1.54, 1.807) is 0 Å². The molecule has 0 saturated carbocycles. The van der Waals surface area contributed by atoms with Crippen LogP contribution in [0.25, 0.3) is 17.2 Å². The summed E-state index contributed by atoms with van der Waals surface area (Å²) in [4.78, 5) is 16.5. The predicted molar refractivity (Wildman–Crippen MR) is 117 cm³/mol. The highest BCUT2D eigenvalue weighted by Gasteiger charge is 2.25. The lowest BCUT2D eigenvalue weighted by atomic mass is 9.93. The fourth-order valence-electron chi connectivity index (χ4n) is 4.20. The van der Waals surface area contributed by atoms with Crippen LogP contribution in [0.4, 0.5) is 11.5 Å². The number of pyridine rings is 1. The van der Waals surface area contributed by atoms with Crippen molar-refractivity contribution < 1.29 is 4.79 Å². The van der Waals surface area contributed by atoms with Gasteiger partial charge in [-0.1, -0.05) is 18.2 Å². The Morgan fingerprint density at radius 3 is 2.77 bits per heavy atom. The third-order valence-electron chi connectivity index (χ3n) is 5.76. The molecule has 0 bridgehead atoms. The van der Waals surface area contributed by atoms with Crippen LogP contribution in [0.15, 0.2) is 55.1 Å². The maximum absolute atomic E-state index is 11.8. The zero-order chi connectivity index (χ0) is 20.3. The Balaban J connectivity index is 1.55. The molecule has 7 heteroatoms. The number of carbonyl (C=O) groups excluding carboxylic acids is 1. The molecule has 4 heterocycles. The summed E-state index contributed by atoms with van der Waals surface area (Å²) < 4.78 is 2.07. The maximum Gasteiger partial charge on any atom is 0.146 e. The lowest BCUT2D eigenvalue weighted by molar-refractivity contribution is -0.109. The van der Waals surface area contributed by atoms with Crippen molar-refractivity contribution in [3.8, 4) is 11.1 Å². The van der Waals surface area contributed by atoms with E-state index in [4.69, 9.17) is 4.98 Å². The van der Waals surface area contributed by atoms with Crippen molar-refractivity contribution in [2.45, 2.75) is 24.9 Å². The number of aldehydes is 1. The highest BCUT2D eigenvalue weighted by Crippen LogP contribution is 2.37. The van der Waals surface area contributed by atoms with E-state index in [9.17, 15) is 4.79 Å². The topological polar surface area (TPSA) is 83.9 Å². The van der Waals surface area contributed by atoms with E-state index < -0.39 is 6.04 Å². The Morgan fingerprint density at radius 1 is 1.13 bits per heavy atom. The Hall–Kier alpha value is -3.45. The number of nitrogens with zero attached hydrogens (tertiary/aromatic N) is 3. The summed E-state index contributed by atoms with van der Waals surface area (Å²) in [6.45, 7) is 2.04. The van der Waals surface area contributed by atoms with Crippen molar-refractivity contribution in [1.29, 1.82) is 0 Å². The first-order chi connectivity index (χ1) is 14.8. The molecule has 0 aliphatic carbocycles. The second-order valence-corrected chi connectivity index (χ2v) is 7.64. The Bertz CT molecular complexity index is 1070. The molecular formula is C23H24N6O. The summed E-state index contributed by atoms with van der Waals surface area (Å²) in [6, 6.07) is 9.82. The standard InChI is InChI=1S/C23H24N6O/c30-15-21-22-19(8-11-25-21)20(13-26-23(22)28-17-4-2-1-3-5-17)16-12-27-29(14-16)18-6-9-24-10-7-18/h1-5,8,11-15,18,21,24-25H,6-7,9-10H2,(H,26,28). The lowest BCUT2D eigenvalue weighted by Gasteiger charge is -2.24. The molecule has 2 aliphatic rings. The number of fused-ring (bicyclic) bond motifs is 1. The van der Waals surface area contributed by atoms with E-state index in [2.05, 4.69) is 31.9 Å². The summed E-state index contributed by atoms with van der Waals surface area (Å²) in [7, 11) is 0. The number of benzene rings is 1. The summed E-state index contributed by atoms with van der Waals surface area (Å²) in [5, 5.41) is 14.5. The minimum atomic E-state index is -0.455. The monoisotopic (exact) mass is 400 g/mol. The molecule has 7 nitrogen and oxygen atoms in total. The molecule has 0 radical (unpaired) electrons. The van der Waals surface area contributed by atoms with Gasteiger partial charge in [-0.2, -0.15) is 5.10 Å². The fraction of sp³-hybridized carbons (Fsp3) is 0.261. The first kappa shape index (κ1) is 18.6. The first-order valence-corrected chi connectivity index (χ1v) is 10.3. The van der Waals surface area contributed by atoms with Crippen molar-refractivity contribution in [3.05, 3.63) is 66.2 Å². The normalized spacial score (nSPS) is 18.5. The van der Waals surface area contributed by atoms with Gasteiger partial charge in [-0.3, -0.25) is 4.68 Å². The molecule has 0 amide bonds. The number of aromatic nitrogens is 3. The Morgan fingerprint density at radius 2 is 1.97 bits per heavy atom. The van der Waals surface area contributed by atoms with Gasteiger partial charge in [-0.05, 0) is 55.9 Å². The average molecular weight is 400 g/mol. The molecule has 1 saturated heterocycles. The van der Waals surface area contributed by atoms with Gasteiger partial charge in [0.15, 0.2) is 0 Å². The molecule has 1 atom stereocenters. The Labute approximate surface area is 175 Å². The second-order valence-electron chi connectivity index (χ2n) is 7.64. The number of para-hydroxylation sites is 1. The highest BCUT2D eigenvalue weighted by molar-refractivity contribution is 5.84. The number of carbonyl (C=O) groups is 1. The number of hydrogen-bond donors (Lipinski definition) is 3. The number of hydrogen-bond acceptors (Lipinski definition) is 6. The van der Waals surface area contributed by atoms with Gasteiger partial charge in [0.2, 0.25) is 0 Å². The molecule has 1 aromatic carbocycles. The fourth-order valence-corrected chi connectivity index (χ4v) is 4.20. The number of rotatable bonds is 5. The van der Waals surface area contributed by atoms with Crippen molar-refractivity contribution in [1.82, 2.24) is 25.4 Å². The smallest absolute Gasteiger partial charge is 0.146 e. The highest BCUT2D eigenvalue weighted by atomic mass is 16.1. The number of piperidine rings is 1. The summed E-state index contributed by atoms with van der Waals surface area (Å²) in [5.41, 5.74) is 4.76. The minimum Gasteiger partial charge on any atom is -0.378 e. The van der Waals surface area contributed by atoms with Gasteiger partial charge in [0, 0.05) is 34.8 Å². The van der Waals surface area contributed by atoms with Crippen LogP contribution in [0.5, 0.6) is 0 Å². The SMILES string of the molecule is O=CC1NC=Cc2c(-c3cnn(C4CCNCC4)c3)cnc(Nc3ccccc3)c21. The van der Waals surface area contributed by atoms with Crippen LogP contribution in [0, 0.1) is 0 Å². The molecule has 2 aliphatic heterocycles. The van der Waals surface area contributed by atoms with Crippen molar-refractivity contribution in [3.63, 3.8) is 0 Å². The van der Waals surface area contributed by atoms with Crippen LogP contribution in [0.1, 0.15) is 36.1 Å². The van der Waals surface area contributed by atoms with Crippen LogP contribution in [0.2, 0.25) is 0 Å². The maximum atomic E-state index is 11.8. The van der Waals surface area contributed by atoms with Gasteiger partial charge in [0.05, 0.1) is 12.2 Å². The van der Waals surface area contributed by atoms with Gasteiger partial charge in [0.1, 0.15) is 18.1 Å². The quantitative estimate of drug-likeness (QED) is 0.569. The number of nitrogens with one attached hydrogen (secondary N) is 3. The average Bonchev–Trinajstić information content (AvgIpc) is 3.30. The van der Waals surface area contributed by atoms with Crippen LogP contribution < -0.4 is 16.0 Å². The van der Waals surface area contributed by atoms with E-state index in [1.165, 1.54) is 0 Å². The summed E-state index contributed by atoms with van der Waals surface area (Å²) >= 11 is 0. The van der Waals surface area contributed by atoms with Crippen LogP contribution in [-0.4, -0.2) is 34.1 Å². The molecule has 1 fully saturated rings. The lowest BCUT2D eigenvalue weighted by Crippen LogP contribution is -2.29. The van der Waals surface area contributed by atoms with Gasteiger partial charge in [0.25, 0.3) is 0 Å². The van der Waals surface area contributed by atoms with Crippen LogP contribution >= 0.6 is 0 Å². The van der Waals surface area contributed by atoms with E-state index in [0.717, 1.165) is 60.2 Å². The van der Waals surface area contributed by atoms with E-state index >= 15 is 0 Å². The van der Waals surface area contributed by atoms with Gasteiger partial charge >= 0.3 is 0 Å². The van der Waals surface area contributed by atoms with E-state index in [-0.39, 0.29) is 0 Å². The van der Waals surface area contributed by atoms with Gasteiger partial charge in [-0.15, -0.1) is 0 Å². The molecule has 3 aromatic rings. The van der Waals surface area contributed by atoms with Crippen molar-refractivity contribution in [2.24, 2.45) is 0 Å². The largest absolute Gasteiger partial charge is 0.378 e. The summed E-state index contributed by atoms with van der Waals surface area (Å²) in [6.07, 6.45) is 12.8. The zero-order valence-corrected chi connectivity index (χ0v) is 16.6. The third kappa shape index (κ3) is 3.48. The molecule has 2 aromatic heterocycles. The number of anilines is 2. The zero-order valence-electron chi connectivity index (χ0n) is 16.6. The molecule has 0 spiro atoms.